The number of benzene rings is 3. The van der Waals surface area contributed by atoms with E-state index in [1.165, 1.54) is 0 Å². The summed E-state index contributed by atoms with van der Waals surface area (Å²) in [6.45, 7) is 0.166. The fraction of sp³-hybridized carbons (Fsp3) is 0.100. The second-order valence-electron chi connectivity index (χ2n) is 6.29. The summed E-state index contributed by atoms with van der Waals surface area (Å²) in [4.78, 5) is 0.293. The highest BCUT2D eigenvalue weighted by atomic mass is 32.2. The first kappa shape index (κ1) is 15.4. The molecule has 3 aromatic carbocycles. The largest absolute Gasteiger partial charge is 0.454 e. The first-order valence-electron chi connectivity index (χ1n) is 8.20. The van der Waals surface area contributed by atoms with Crippen molar-refractivity contribution >= 4 is 10.0 Å². The monoisotopic (exact) mass is 365 g/mol. The Bertz CT molecular complexity index is 1110. The first-order valence-corrected chi connectivity index (χ1v) is 9.69. The van der Waals surface area contributed by atoms with Crippen LogP contribution in [-0.4, -0.2) is 15.2 Å². The Labute approximate surface area is 151 Å². The zero-order valence-electron chi connectivity index (χ0n) is 13.7. The van der Waals surface area contributed by atoms with Crippen molar-refractivity contribution in [2.45, 2.75) is 10.4 Å². The molecule has 2 heterocycles. The first-order chi connectivity index (χ1) is 12.6. The van der Waals surface area contributed by atoms with E-state index in [0.717, 1.165) is 11.1 Å². The van der Waals surface area contributed by atoms with Gasteiger partial charge in [-0.1, -0.05) is 54.6 Å². The second-order valence-corrected chi connectivity index (χ2v) is 7.94. The van der Waals surface area contributed by atoms with Crippen molar-refractivity contribution in [3.8, 4) is 11.5 Å². The molecule has 0 amide bonds. The Hall–Kier alpha value is -2.83. The number of rotatable bonds is 2. The summed E-state index contributed by atoms with van der Waals surface area (Å²) in [5, 5.41) is 0. The fourth-order valence-electron chi connectivity index (χ4n) is 3.74. The summed E-state index contributed by atoms with van der Waals surface area (Å²) in [5.74, 6) is 1.27. The van der Waals surface area contributed by atoms with E-state index in [0.29, 0.717) is 22.0 Å². The van der Waals surface area contributed by atoms with E-state index >= 15 is 0 Å². The van der Waals surface area contributed by atoms with E-state index < -0.39 is 15.6 Å². The van der Waals surface area contributed by atoms with Gasteiger partial charge in [0.25, 0.3) is 0 Å². The molecule has 5 nitrogen and oxygen atoms in total. The lowest BCUT2D eigenvalue weighted by Crippen LogP contribution is -2.41. The smallest absolute Gasteiger partial charge is 0.242 e. The average molecular weight is 365 g/mol. The summed E-state index contributed by atoms with van der Waals surface area (Å²) >= 11 is 0. The molecule has 1 atom stereocenters. The molecule has 0 aromatic heterocycles. The summed E-state index contributed by atoms with van der Waals surface area (Å²) in [5.41, 5.74) is 1.30. The summed E-state index contributed by atoms with van der Waals surface area (Å²) in [7, 11) is -3.65. The molecular weight excluding hydrogens is 350 g/mol. The highest BCUT2D eigenvalue weighted by Crippen LogP contribution is 2.47. The van der Waals surface area contributed by atoms with Gasteiger partial charge in [-0.05, 0) is 29.3 Å². The lowest BCUT2D eigenvalue weighted by molar-refractivity contribution is 0.174. The molecule has 0 aliphatic carbocycles. The normalized spacial score (nSPS) is 22.2. The molecule has 1 N–H and O–H groups in total. The van der Waals surface area contributed by atoms with E-state index in [1.807, 2.05) is 60.7 Å². The standard InChI is InChI=1S/C20H15NO4S/c22-26(23)19-9-5-4-8-16(19)20(21-26,14-6-2-1-3-7-14)15-10-11-17-18(12-15)25-13-24-17/h1-12,21H,13H2/t20-/m0/s1. The van der Waals surface area contributed by atoms with Gasteiger partial charge in [0.1, 0.15) is 5.54 Å². The molecule has 0 saturated heterocycles. The molecule has 0 unspecified atom stereocenters. The summed E-state index contributed by atoms with van der Waals surface area (Å²) in [6.07, 6.45) is 0. The zero-order valence-corrected chi connectivity index (χ0v) is 14.5. The van der Waals surface area contributed by atoms with Crippen LogP contribution in [0.25, 0.3) is 0 Å². The van der Waals surface area contributed by atoms with Gasteiger partial charge in [0.05, 0.1) is 4.90 Å². The zero-order chi connectivity index (χ0) is 17.8. The van der Waals surface area contributed by atoms with Crippen molar-refractivity contribution < 1.29 is 17.9 Å². The van der Waals surface area contributed by atoms with Crippen LogP contribution in [0.4, 0.5) is 0 Å². The molecule has 0 bridgehead atoms. The van der Waals surface area contributed by atoms with Crippen LogP contribution in [0.1, 0.15) is 16.7 Å². The minimum absolute atomic E-state index is 0.166. The van der Waals surface area contributed by atoms with Crippen molar-refractivity contribution in [1.82, 2.24) is 4.72 Å². The van der Waals surface area contributed by atoms with Crippen LogP contribution in [0.5, 0.6) is 11.5 Å². The van der Waals surface area contributed by atoms with Crippen LogP contribution >= 0.6 is 0 Å². The molecule has 2 aliphatic heterocycles. The van der Waals surface area contributed by atoms with E-state index in [2.05, 4.69) is 4.72 Å². The average Bonchev–Trinajstić information content (AvgIpc) is 3.23. The SMILES string of the molecule is O=S1(=O)N[C@@](c2ccccc2)(c2ccc3c(c2)OCO3)c2ccccc21. The van der Waals surface area contributed by atoms with Crippen molar-refractivity contribution in [3.63, 3.8) is 0 Å². The molecular formula is C20H15NO4S. The van der Waals surface area contributed by atoms with E-state index in [1.54, 1.807) is 12.1 Å². The van der Waals surface area contributed by atoms with Crippen LogP contribution < -0.4 is 14.2 Å². The minimum atomic E-state index is -3.65. The van der Waals surface area contributed by atoms with Crippen LogP contribution in [0.15, 0.2) is 77.7 Å². The predicted octanol–water partition coefficient (Wildman–Crippen LogP) is 3.00. The maximum Gasteiger partial charge on any atom is 0.242 e. The van der Waals surface area contributed by atoms with Gasteiger partial charge in [-0.25, -0.2) is 8.42 Å². The van der Waals surface area contributed by atoms with Gasteiger partial charge >= 0.3 is 0 Å². The Morgan fingerprint density at radius 2 is 1.54 bits per heavy atom. The van der Waals surface area contributed by atoms with Gasteiger partial charge in [-0.2, -0.15) is 4.72 Å². The van der Waals surface area contributed by atoms with Crippen molar-refractivity contribution in [2.75, 3.05) is 6.79 Å². The Morgan fingerprint density at radius 3 is 2.38 bits per heavy atom. The topological polar surface area (TPSA) is 64.6 Å². The van der Waals surface area contributed by atoms with E-state index in [-0.39, 0.29) is 6.79 Å². The predicted molar refractivity (Wildman–Crippen MR) is 95.7 cm³/mol. The van der Waals surface area contributed by atoms with Gasteiger partial charge in [-0.15, -0.1) is 0 Å². The maximum atomic E-state index is 12.9. The molecule has 130 valence electrons. The van der Waals surface area contributed by atoms with Gasteiger partial charge in [0.2, 0.25) is 16.8 Å². The number of fused-ring (bicyclic) bond motifs is 2. The molecule has 3 aromatic rings. The molecule has 26 heavy (non-hydrogen) atoms. The number of nitrogens with one attached hydrogen (secondary N) is 1. The molecule has 0 saturated carbocycles. The third kappa shape index (κ3) is 2.03. The Morgan fingerprint density at radius 1 is 0.808 bits per heavy atom. The lowest BCUT2D eigenvalue weighted by Gasteiger charge is -2.31. The van der Waals surface area contributed by atoms with Crippen molar-refractivity contribution in [1.29, 1.82) is 0 Å². The quantitative estimate of drug-likeness (QED) is 0.758. The highest BCUT2D eigenvalue weighted by molar-refractivity contribution is 7.90. The van der Waals surface area contributed by atoms with Gasteiger partial charge in [0, 0.05) is 5.56 Å². The van der Waals surface area contributed by atoms with E-state index in [4.69, 9.17) is 9.47 Å². The maximum absolute atomic E-state index is 12.9. The van der Waals surface area contributed by atoms with Gasteiger partial charge in [-0.3, -0.25) is 0 Å². The number of hydrogen-bond acceptors (Lipinski definition) is 4. The molecule has 2 aliphatic rings. The molecule has 0 fully saturated rings. The van der Waals surface area contributed by atoms with E-state index in [9.17, 15) is 8.42 Å². The van der Waals surface area contributed by atoms with Gasteiger partial charge < -0.3 is 9.47 Å². The third-order valence-corrected chi connectivity index (χ3v) is 6.39. The molecule has 0 radical (unpaired) electrons. The Balaban J connectivity index is 1.85. The fourth-order valence-corrected chi connectivity index (χ4v) is 5.36. The Kier molecular flexibility index (Phi) is 3.16. The minimum Gasteiger partial charge on any atom is -0.454 e. The van der Waals surface area contributed by atoms with Crippen LogP contribution in [0, 0.1) is 0 Å². The second kappa shape index (κ2) is 5.33. The number of sulfonamides is 1. The summed E-state index contributed by atoms with van der Waals surface area (Å²) < 4.78 is 39.6. The van der Waals surface area contributed by atoms with Crippen LogP contribution in [0.2, 0.25) is 0 Å². The van der Waals surface area contributed by atoms with Crippen LogP contribution in [-0.2, 0) is 15.6 Å². The number of hydrogen-bond donors (Lipinski definition) is 1. The third-order valence-electron chi connectivity index (χ3n) is 4.88. The highest BCUT2D eigenvalue weighted by Gasteiger charge is 2.49. The molecule has 0 spiro atoms. The van der Waals surface area contributed by atoms with Crippen LogP contribution in [0.3, 0.4) is 0 Å². The number of ether oxygens (including phenoxy) is 2. The molecule has 6 heteroatoms. The summed E-state index contributed by atoms with van der Waals surface area (Å²) in [6, 6.07) is 22.2. The van der Waals surface area contributed by atoms with Crippen molar-refractivity contribution in [2.24, 2.45) is 0 Å². The lowest BCUT2D eigenvalue weighted by atomic mass is 9.78. The van der Waals surface area contributed by atoms with Crippen molar-refractivity contribution in [3.05, 3.63) is 89.5 Å². The van der Waals surface area contributed by atoms with Gasteiger partial charge in [0.15, 0.2) is 11.5 Å². The molecule has 5 rings (SSSR count).